The van der Waals surface area contributed by atoms with Crippen LogP contribution >= 0.6 is 47.2 Å². The summed E-state index contributed by atoms with van der Waals surface area (Å²) in [5.41, 5.74) is 6.51. The highest BCUT2D eigenvalue weighted by molar-refractivity contribution is 6.44. The van der Waals surface area contributed by atoms with Gasteiger partial charge in [0.1, 0.15) is 0 Å². The number of rotatable bonds is 3. The zero-order chi connectivity index (χ0) is 11.9. The molecule has 1 aromatic carbocycles. The summed E-state index contributed by atoms with van der Waals surface area (Å²) >= 11 is 18.0. The predicted octanol–water partition coefficient (Wildman–Crippen LogP) is 3.84. The number of halogens is 4. The van der Waals surface area contributed by atoms with Crippen LogP contribution in [0.5, 0.6) is 0 Å². The van der Waals surface area contributed by atoms with E-state index >= 15 is 0 Å². The van der Waals surface area contributed by atoms with Crippen LogP contribution in [-0.4, -0.2) is 11.2 Å². The SMILES string of the molecule is Cl.N[C@H](c1c(Cl)ccc(Cl)c1Cl)[C@@H](O)C1CC1. The molecule has 2 rings (SSSR count). The van der Waals surface area contributed by atoms with Gasteiger partial charge in [-0.25, -0.2) is 0 Å². The first kappa shape index (κ1) is 15.4. The first-order valence-corrected chi connectivity index (χ1v) is 6.22. The molecule has 0 aliphatic heterocycles. The molecular formula is C11H13Cl4NO. The van der Waals surface area contributed by atoms with E-state index < -0.39 is 12.1 Å². The number of hydrogen-bond acceptors (Lipinski definition) is 2. The normalized spacial score (nSPS) is 18.4. The topological polar surface area (TPSA) is 46.2 Å². The van der Waals surface area contributed by atoms with Crippen LogP contribution in [0.25, 0.3) is 0 Å². The molecule has 0 spiro atoms. The summed E-state index contributed by atoms with van der Waals surface area (Å²) < 4.78 is 0. The van der Waals surface area contributed by atoms with Crippen molar-refractivity contribution in [2.75, 3.05) is 0 Å². The third-order valence-electron chi connectivity index (χ3n) is 2.89. The summed E-state index contributed by atoms with van der Waals surface area (Å²) in [5, 5.41) is 11.1. The van der Waals surface area contributed by atoms with E-state index in [4.69, 9.17) is 40.5 Å². The van der Waals surface area contributed by atoms with Gasteiger partial charge >= 0.3 is 0 Å². The number of benzene rings is 1. The van der Waals surface area contributed by atoms with Crippen molar-refractivity contribution in [3.8, 4) is 0 Å². The lowest BCUT2D eigenvalue weighted by Gasteiger charge is -2.21. The zero-order valence-corrected chi connectivity index (χ0v) is 12.0. The largest absolute Gasteiger partial charge is 0.391 e. The molecule has 0 amide bonds. The van der Waals surface area contributed by atoms with Gasteiger partial charge in [-0.2, -0.15) is 0 Å². The summed E-state index contributed by atoms with van der Waals surface area (Å²) in [6, 6.07) is 2.68. The molecular weight excluding hydrogens is 304 g/mol. The van der Waals surface area contributed by atoms with Crippen LogP contribution < -0.4 is 5.73 Å². The molecule has 0 bridgehead atoms. The molecule has 1 fully saturated rings. The lowest BCUT2D eigenvalue weighted by atomic mass is 9.99. The second-order valence-corrected chi connectivity index (χ2v) is 5.30. The summed E-state index contributed by atoms with van der Waals surface area (Å²) in [4.78, 5) is 0. The molecule has 3 N–H and O–H groups in total. The lowest BCUT2D eigenvalue weighted by Crippen LogP contribution is -2.28. The predicted molar refractivity (Wildman–Crippen MR) is 74.4 cm³/mol. The third-order valence-corrected chi connectivity index (χ3v) is 4.03. The van der Waals surface area contributed by atoms with E-state index in [0.717, 1.165) is 12.8 Å². The summed E-state index contributed by atoms with van der Waals surface area (Å²) in [7, 11) is 0. The number of aliphatic hydroxyl groups excluding tert-OH is 1. The van der Waals surface area contributed by atoms with Gasteiger partial charge in [0, 0.05) is 10.6 Å². The van der Waals surface area contributed by atoms with Crippen molar-refractivity contribution in [2.45, 2.75) is 25.0 Å². The fourth-order valence-corrected chi connectivity index (χ4v) is 2.54. The van der Waals surface area contributed by atoms with E-state index in [9.17, 15) is 5.11 Å². The molecule has 1 aromatic rings. The van der Waals surface area contributed by atoms with Crippen molar-refractivity contribution in [3.05, 3.63) is 32.8 Å². The Morgan fingerprint density at radius 1 is 1.18 bits per heavy atom. The maximum atomic E-state index is 9.97. The highest BCUT2D eigenvalue weighted by Gasteiger charge is 2.35. The van der Waals surface area contributed by atoms with Crippen molar-refractivity contribution < 1.29 is 5.11 Å². The Morgan fingerprint density at radius 3 is 2.24 bits per heavy atom. The molecule has 2 nitrogen and oxygen atoms in total. The number of aliphatic hydroxyl groups is 1. The highest BCUT2D eigenvalue weighted by Crippen LogP contribution is 2.42. The van der Waals surface area contributed by atoms with Crippen molar-refractivity contribution in [2.24, 2.45) is 11.7 Å². The smallest absolute Gasteiger partial charge is 0.0761 e. The zero-order valence-electron chi connectivity index (χ0n) is 8.87. The van der Waals surface area contributed by atoms with Gasteiger partial charge < -0.3 is 10.8 Å². The molecule has 0 aromatic heterocycles. The molecule has 6 heteroatoms. The highest BCUT2D eigenvalue weighted by atomic mass is 35.5. The first-order valence-electron chi connectivity index (χ1n) is 5.09. The molecule has 0 heterocycles. The van der Waals surface area contributed by atoms with Gasteiger partial charge in [-0.3, -0.25) is 0 Å². The summed E-state index contributed by atoms with van der Waals surface area (Å²) in [6.07, 6.45) is 1.41. The summed E-state index contributed by atoms with van der Waals surface area (Å²) in [5.74, 6) is 0.265. The Morgan fingerprint density at radius 2 is 1.71 bits per heavy atom. The Bertz CT molecular complexity index is 409. The van der Waals surface area contributed by atoms with Crippen LogP contribution in [0.1, 0.15) is 24.4 Å². The van der Waals surface area contributed by atoms with Gasteiger partial charge in [-0.1, -0.05) is 34.8 Å². The summed E-state index contributed by atoms with van der Waals surface area (Å²) in [6.45, 7) is 0. The van der Waals surface area contributed by atoms with Crippen LogP contribution in [0.4, 0.5) is 0 Å². The van der Waals surface area contributed by atoms with Gasteiger partial charge in [-0.05, 0) is 30.9 Å². The number of nitrogens with two attached hydrogens (primary N) is 1. The molecule has 96 valence electrons. The quantitative estimate of drug-likeness (QED) is 0.832. The molecule has 0 radical (unpaired) electrons. The molecule has 1 aliphatic rings. The van der Waals surface area contributed by atoms with Gasteiger partial charge in [0.25, 0.3) is 0 Å². The molecule has 1 saturated carbocycles. The Labute approximate surface area is 121 Å². The third kappa shape index (κ3) is 3.19. The Balaban J connectivity index is 0.00000144. The second-order valence-electron chi connectivity index (χ2n) is 4.11. The van der Waals surface area contributed by atoms with E-state index in [2.05, 4.69) is 0 Å². The second kappa shape index (κ2) is 5.96. The average Bonchev–Trinajstić information content (AvgIpc) is 3.06. The van der Waals surface area contributed by atoms with Crippen LogP contribution in [0.3, 0.4) is 0 Å². The Hall–Kier alpha value is 0.300. The lowest BCUT2D eigenvalue weighted by molar-refractivity contribution is 0.122. The fraction of sp³-hybridized carbons (Fsp3) is 0.455. The monoisotopic (exact) mass is 315 g/mol. The van der Waals surface area contributed by atoms with Crippen molar-refractivity contribution in [3.63, 3.8) is 0 Å². The number of hydrogen-bond donors (Lipinski definition) is 2. The van der Waals surface area contributed by atoms with E-state index in [0.29, 0.717) is 20.6 Å². The standard InChI is InChI=1S/C11H12Cl3NO.ClH/c12-6-3-4-7(13)9(14)8(6)10(15)11(16)5-1-2-5;/h3-5,10-11,16H,1-2,15H2;1H/t10-,11+;/m1./s1. The maximum absolute atomic E-state index is 9.97. The molecule has 0 unspecified atom stereocenters. The Kier molecular flexibility index (Phi) is 5.39. The van der Waals surface area contributed by atoms with E-state index in [-0.39, 0.29) is 18.3 Å². The maximum Gasteiger partial charge on any atom is 0.0761 e. The minimum absolute atomic E-state index is 0. The van der Waals surface area contributed by atoms with Crippen molar-refractivity contribution in [1.82, 2.24) is 0 Å². The van der Waals surface area contributed by atoms with Crippen LogP contribution in [-0.2, 0) is 0 Å². The average molecular weight is 317 g/mol. The first-order chi connectivity index (χ1) is 7.52. The van der Waals surface area contributed by atoms with Crippen LogP contribution in [0.15, 0.2) is 12.1 Å². The minimum atomic E-state index is -0.603. The van der Waals surface area contributed by atoms with Crippen molar-refractivity contribution in [1.29, 1.82) is 0 Å². The minimum Gasteiger partial charge on any atom is -0.391 e. The molecule has 17 heavy (non-hydrogen) atoms. The van der Waals surface area contributed by atoms with Gasteiger partial charge in [-0.15, -0.1) is 12.4 Å². The van der Waals surface area contributed by atoms with Gasteiger partial charge in [0.15, 0.2) is 0 Å². The molecule has 2 atom stereocenters. The van der Waals surface area contributed by atoms with E-state index in [1.54, 1.807) is 12.1 Å². The fourth-order valence-electron chi connectivity index (χ4n) is 1.75. The van der Waals surface area contributed by atoms with Crippen LogP contribution in [0.2, 0.25) is 15.1 Å². The van der Waals surface area contributed by atoms with E-state index in [1.807, 2.05) is 0 Å². The van der Waals surface area contributed by atoms with Gasteiger partial charge in [0.2, 0.25) is 0 Å². The van der Waals surface area contributed by atoms with E-state index in [1.165, 1.54) is 0 Å². The molecule has 1 aliphatic carbocycles. The van der Waals surface area contributed by atoms with Crippen LogP contribution in [0, 0.1) is 5.92 Å². The van der Waals surface area contributed by atoms with Crippen molar-refractivity contribution >= 4 is 47.2 Å². The van der Waals surface area contributed by atoms with Gasteiger partial charge in [0.05, 0.1) is 22.2 Å². The molecule has 0 saturated heterocycles.